The van der Waals surface area contributed by atoms with Crippen LogP contribution >= 0.6 is 12.4 Å². The van der Waals surface area contributed by atoms with E-state index in [9.17, 15) is 0 Å². The van der Waals surface area contributed by atoms with Crippen molar-refractivity contribution in [2.75, 3.05) is 0 Å². The molecule has 1 fully saturated rings. The highest BCUT2D eigenvalue weighted by Gasteiger charge is 2.22. The molecule has 1 nitrogen and oxygen atoms in total. The molecule has 1 atom stereocenters. The van der Waals surface area contributed by atoms with Crippen molar-refractivity contribution in [3.8, 4) is 0 Å². The van der Waals surface area contributed by atoms with E-state index < -0.39 is 0 Å². The summed E-state index contributed by atoms with van der Waals surface area (Å²) in [5.41, 5.74) is 8.90. The van der Waals surface area contributed by atoms with Gasteiger partial charge in [0.05, 0.1) is 0 Å². The van der Waals surface area contributed by atoms with Gasteiger partial charge in [-0.15, -0.1) is 12.4 Å². The van der Waals surface area contributed by atoms with Crippen LogP contribution in [-0.2, 0) is 0 Å². The highest BCUT2D eigenvalue weighted by Crippen LogP contribution is 2.34. The minimum atomic E-state index is 0. The Kier molecular flexibility index (Phi) is 4.62. The largest absolute Gasteiger partial charge is 0.324 e. The van der Waals surface area contributed by atoms with Crippen LogP contribution in [0.25, 0.3) is 0 Å². The second-order valence-corrected chi connectivity index (χ2v) is 4.48. The molecule has 84 valence electrons. The van der Waals surface area contributed by atoms with Crippen LogP contribution in [0.4, 0.5) is 0 Å². The Balaban J connectivity index is 0.00000112. The lowest BCUT2D eigenvalue weighted by molar-refractivity contribution is 0.445. The Labute approximate surface area is 98.5 Å². The summed E-state index contributed by atoms with van der Waals surface area (Å²) < 4.78 is 0. The van der Waals surface area contributed by atoms with E-state index in [1.165, 1.54) is 36.8 Å². The van der Waals surface area contributed by atoms with E-state index in [1.54, 1.807) is 0 Å². The van der Waals surface area contributed by atoms with Gasteiger partial charge in [0.2, 0.25) is 0 Å². The molecule has 1 saturated carbocycles. The van der Waals surface area contributed by atoms with Crippen LogP contribution in [0.2, 0.25) is 0 Å². The number of aryl methyl sites for hydroxylation is 1. The van der Waals surface area contributed by atoms with Crippen molar-refractivity contribution < 1.29 is 0 Å². The Bertz CT molecular complexity index is 305. The minimum absolute atomic E-state index is 0. The quantitative estimate of drug-likeness (QED) is 0.818. The summed E-state index contributed by atoms with van der Waals surface area (Å²) in [4.78, 5) is 0. The predicted octanol–water partition coefficient (Wildman–Crippen LogP) is 3.61. The summed E-state index contributed by atoms with van der Waals surface area (Å²) in [6.07, 6.45) is 5.36. The Morgan fingerprint density at radius 3 is 2.53 bits per heavy atom. The lowest BCUT2D eigenvalue weighted by atomic mass is 9.92. The SMILES string of the molecule is Cc1cccc([C@@H](N)C2CCCC2)c1.Cl. The van der Waals surface area contributed by atoms with Gasteiger partial charge in [-0.2, -0.15) is 0 Å². The van der Waals surface area contributed by atoms with Crippen LogP contribution in [0.3, 0.4) is 0 Å². The zero-order valence-electron chi connectivity index (χ0n) is 9.28. The molecule has 2 rings (SSSR count). The highest BCUT2D eigenvalue weighted by molar-refractivity contribution is 5.85. The van der Waals surface area contributed by atoms with Crippen molar-refractivity contribution in [3.63, 3.8) is 0 Å². The molecule has 2 N–H and O–H groups in total. The second kappa shape index (κ2) is 5.53. The van der Waals surface area contributed by atoms with E-state index in [0.717, 1.165) is 5.92 Å². The lowest BCUT2D eigenvalue weighted by Gasteiger charge is -2.19. The molecule has 1 aliphatic rings. The number of hydrogen-bond acceptors (Lipinski definition) is 1. The third kappa shape index (κ3) is 2.96. The molecule has 0 heterocycles. The average molecular weight is 226 g/mol. The summed E-state index contributed by atoms with van der Waals surface area (Å²) in [6, 6.07) is 8.89. The summed E-state index contributed by atoms with van der Waals surface area (Å²) >= 11 is 0. The first-order chi connectivity index (χ1) is 6.77. The fourth-order valence-corrected chi connectivity index (χ4v) is 2.47. The zero-order chi connectivity index (χ0) is 9.97. The van der Waals surface area contributed by atoms with Gasteiger partial charge in [0, 0.05) is 6.04 Å². The molecular formula is C13H20ClN. The molecule has 1 aliphatic carbocycles. The van der Waals surface area contributed by atoms with E-state index in [4.69, 9.17) is 5.73 Å². The second-order valence-electron chi connectivity index (χ2n) is 4.48. The Hall–Kier alpha value is -0.530. The molecule has 0 bridgehead atoms. The van der Waals surface area contributed by atoms with E-state index in [-0.39, 0.29) is 18.4 Å². The number of rotatable bonds is 2. The molecule has 0 aliphatic heterocycles. The van der Waals surface area contributed by atoms with Crippen molar-refractivity contribution in [1.29, 1.82) is 0 Å². The Morgan fingerprint density at radius 1 is 1.27 bits per heavy atom. The van der Waals surface area contributed by atoms with Gasteiger partial charge >= 0.3 is 0 Å². The monoisotopic (exact) mass is 225 g/mol. The first-order valence-corrected chi connectivity index (χ1v) is 5.59. The number of nitrogens with two attached hydrogens (primary N) is 1. The van der Waals surface area contributed by atoms with Crippen LogP contribution < -0.4 is 5.73 Å². The number of benzene rings is 1. The van der Waals surface area contributed by atoms with Crippen LogP contribution in [0, 0.1) is 12.8 Å². The summed E-state index contributed by atoms with van der Waals surface area (Å²) in [5.74, 6) is 0.719. The van der Waals surface area contributed by atoms with Crippen molar-refractivity contribution in [1.82, 2.24) is 0 Å². The van der Waals surface area contributed by atoms with Crippen LogP contribution in [0.5, 0.6) is 0 Å². The maximum Gasteiger partial charge on any atom is 0.0323 e. The number of halogens is 1. The maximum atomic E-state index is 6.27. The molecule has 0 unspecified atom stereocenters. The minimum Gasteiger partial charge on any atom is -0.324 e. The first-order valence-electron chi connectivity index (χ1n) is 5.59. The van der Waals surface area contributed by atoms with Crippen molar-refractivity contribution >= 4 is 12.4 Å². The summed E-state index contributed by atoms with van der Waals surface area (Å²) in [6.45, 7) is 2.13. The molecule has 0 aromatic heterocycles. The van der Waals surface area contributed by atoms with E-state index >= 15 is 0 Å². The van der Waals surface area contributed by atoms with Crippen LogP contribution in [0.1, 0.15) is 42.9 Å². The van der Waals surface area contributed by atoms with Gasteiger partial charge in [-0.1, -0.05) is 42.7 Å². The zero-order valence-corrected chi connectivity index (χ0v) is 10.1. The van der Waals surface area contributed by atoms with Gasteiger partial charge in [-0.05, 0) is 31.2 Å². The molecule has 1 aromatic rings. The fourth-order valence-electron chi connectivity index (χ4n) is 2.47. The summed E-state index contributed by atoms with van der Waals surface area (Å²) in [7, 11) is 0. The lowest BCUT2D eigenvalue weighted by Crippen LogP contribution is -2.19. The smallest absolute Gasteiger partial charge is 0.0323 e. The number of hydrogen-bond donors (Lipinski definition) is 1. The normalized spacial score (nSPS) is 18.5. The van der Waals surface area contributed by atoms with Gasteiger partial charge in [-0.3, -0.25) is 0 Å². The van der Waals surface area contributed by atoms with E-state index in [1.807, 2.05) is 0 Å². The Morgan fingerprint density at radius 2 is 1.93 bits per heavy atom. The average Bonchev–Trinajstić information content (AvgIpc) is 2.69. The molecule has 1 aromatic carbocycles. The molecule has 2 heteroatoms. The van der Waals surface area contributed by atoms with Crippen molar-refractivity contribution in [2.45, 2.75) is 38.6 Å². The highest BCUT2D eigenvalue weighted by atomic mass is 35.5. The molecule has 15 heavy (non-hydrogen) atoms. The van der Waals surface area contributed by atoms with Crippen LogP contribution in [-0.4, -0.2) is 0 Å². The summed E-state index contributed by atoms with van der Waals surface area (Å²) in [5, 5.41) is 0. The predicted molar refractivity (Wildman–Crippen MR) is 67.3 cm³/mol. The third-order valence-electron chi connectivity index (χ3n) is 3.33. The standard InChI is InChI=1S/C13H19N.ClH/c1-10-5-4-8-12(9-10)13(14)11-6-2-3-7-11;/h4-5,8-9,11,13H,2-3,6-7,14H2,1H3;1H/t13-;/m0./s1. The van der Waals surface area contributed by atoms with E-state index in [0.29, 0.717) is 0 Å². The molecule has 0 amide bonds. The third-order valence-corrected chi connectivity index (χ3v) is 3.33. The van der Waals surface area contributed by atoms with Gasteiger partial charge < -0.3 is 5.73 Å². The van der Waals surface area contributed by atoms with Gasteiger partial charge in [-0.25, -0.2) is 0 Å². The van der Waals surface area contributed by atoms with Gasteiger partial charge in [0.15, 0.2) is 0 Å². The van der Waals surface area contributed by atoms with Gasteiger partial charge in [0.25, 0.3) is 0 Å². The van der Waals surface area contributed by atoms with Crippen molar-refractivity contribution in [2.24, 2.45) is 11.7 Å². The first kappa shape index (κ1) is 12.5. The van der Waals surface area contributed by atoms with Crippen LogP contribution in [0.15, 0.2) is 24.3 Å². The fraction of sp³-hybridized carbons (Fsp3) is 0.538. The van der Waals surface area contributed by atoms with Gasteiger partial charge in [0.1, 0.15) is 0 Å². The maximum absolute atomic E-state index is 6.27. The van der Waals surface area contributed by atoms with Crippen molar-refractivity contribution in [3.05, 3.63) is 35.4 Å². The topological polar surface area (TPSA) is 26.0 Å². The molecule has 0 saturated heterocycles. The van der Waals surface area contributed by atoms with E-state index in [2.05, 4.69) is 31.2 Å². The molecular weight excluding hydrogens is 206 g/mol. The molecule has 0 radical (unpaired) electrons. The molecule has 0 spiro atoms.